The van der Waals surface area contributed by atoms with Crippen LogP contribution in [-0.2, 0) is 32.0 Å². The van der Waals surface area contributed by atoms with Crippen molar-refractivity contribution in [2.45, 2.75) is 71.6 Å². The standard InChI is InChI=1S/C27H25NO3.C20H17BrO2.2C13H13NO2.C7H7NO.C6H5BrO2/c1-27(29,23-13-8-16-28-18-23)25-15-14-24(30-19-21-9-4-2-5-10-21)17-26(25)31-20-22-11-6-3-7-12-22;21-19-12-11-18(22-14-16-7-3-1-4-8-16)13-20(19)23-15-17-9-5-2-6-10-17;2*1-9(10-3-2-6-14-8-10)12-5-4-11(15)7-13(12)16;1-6(9)7-3-2-4-8-5-7;7-5-2-1-4(8)3-6(5)9/h2-18,29H,19-20H2,1H3;1-13H,14-15H2;2*2-9,15-16H,1H3;2-5H,1H3;1-3,8-9H. The molecule has 530 valence electrons. The number of Topliss-reactive ketones (excluding diaryl/α,β-unsaturated/α-hetero) is 1. The van der Waals surface area contributed by atoms with Gasteiger partial charge in [-0.3, -0.25) is 24.7 Å². The number of carbonyl (C=O) groups excluding carboxylic acids is 1. The van der Waals surface area contributed by atoms with E-state index in [0.29, 0.717) is 59.1 Å². The fraction of sp³-hybridized carbons (Fsp3) is 0.128. The molecule has 18 heteroatoms. The summed E-state index contributed by atoms with van der Waals surface area (Å²) in [5.41, 5.74) is 8.78. The summed E-state index contributed by atoms with van der Waals surface area (Å²) < 4.78 is 25.4. The number of hydrogen-bond acceptors (Lipinski definition) is 16. The number of halogens is 2. The number of ether oxygens (including phenoxy) is 4. The van der Waals surface area contributed by atoms with Crippen molar-refractivity contribution in [1.29, 1.82) is 0 Å². The first-order valence-electron chi connectivity index (χ1n) is 33.0. The van der Waals surface area contributed by atoms with Gasteiger partial charge in [0, 0.05) is 120 Å². The van der Waals surface area contributed by atoms with Crippen LogP contribution in [0.5, 0.6) is 57.5 Å². The van der Waals surface area contributed by atoms with Crippen LogP contribution in [0, 0.1) is 0 Å². The molecule has 3 atom stereocenters. The molecule has 4 heterocycles. The van der Waals surface area contributed by atoms with Crippen LogP contribution in [0.4, 0.5) is 0 Å². The minimum absolute atomic E-state index is 0.0503. The minimum atomic E-state index is -1.27. The van der Waals surface area contributed by atoms with Crippen molar-refractivity contribution in [2.24, 2.45) is 0 Å². The van der Waals surface area contributed by atoms with E-state index < -0.39 is 5.60 Å². The number of aliphatic hydroxyl groups is 1. The summed E-state index contributed by atoms with van der Waals surface area (Å²) in [6.45, 7) is 9.17. The third-order valence-corrected chi connectivity index (χ3v) is 17.2. The maximum Gasteiger partial charge on any atom is 0.161 e. The molecule has 0 aliphatic heterocycles. The van der Waals surface area contributed by atoms with Gasteiger partial charge in [0.25, 0.3) is 0 Å². The number of hydrogen-bond donors (Lipinski definition) is 7. The number of nitrogens with zero attached hydrogens (tertiary/aromatic N) is 4. The number of carbonyl (C=O) groups is 1. The van der Waals surface area contributed by atoms with E-state index in [-0.39, 0.29) is 52.1 Å². The van der Waals surface area contributed by atoms with Crippen molar-refractivity contribution in [2.75, 3.05) is 0 Å². The summed E-state index contributed by atoms with van der Waals surface area (Å²) >= 11 is 6.59. The summed E-state index contributed by atoms with van der Waals surface area (Å²) in [5, 5.41) is 66.9. The van der Waals surface area contributed by atoms with Crippen molar-refractivity contribution >= 4 is 37.6 Å². The van der Waals surface area contributed by atoms with Gasteiger partial charge in [0.1, 0.15) is 89.5 Å². The number of benzene rings is 9. The molecule has 0 saturated heterocycles. The second kappa shape index (κ2) is 40.6. The first-order valence-corrected chi connectivity index (χ1v) is 34.6. The zero-order valence-corrected chi connectivity index (χ0v) is 60.8. The molecule has 104 heavy (non-hydrogen) atoms. The lowest BCUT2D eigenvalue weighted by Crippen LogP contribution is -2.24. The Labute approximate surface area is 622 Å². The molecule has 13 rings (SSSR count). The molecule has 0 fully saturated rings. The fourth-order valence-electron chi connectivity index (χ4n) is 10.0. The quantitative estimate of drug-likeness (QED) is 0.0372. The first kappa shape index (κ1) is 77.9. The Morgan fingerprint density at radius 2 is 0.769 bits per heavy atom. The Kier molecular flexibility index (Phi) is 30.4. The van der Waals surface area contributed by atoms with Crippen LogP contribution in [0.25, 0.3) is 0 Å². The van der Waals surface area contributed by atoms with Gasteiger partial charge in [0.2, 0.25) is 0 Å². The van der Waals surface area contributed by atoms with Crippen LogP contribution in [0.15, 0.2) is 319 Å². The highest BCUT2D eigenvalue weighted by atomic mass is 79.9. The van der Waals surface area contributed by atoms with E-state index in [2.05, 4.69) is 51.8 Å². The van der Waals surface area contributed by atoms with E-state index in [1.807, 2.05) is 208 Å². The monoisotopic (exact) mass is 1520 g/mol. The second-order valence-corrected chi connectivity index (χ2v) is 25.3. The van der Waals surface area contributed by atoms with E-state index in [1.54, 1.807) is 99.0 Å². The van der Waals surface area contributed by atoms with Gasteiger partial charge in [-0.05, 0) is 158 Å². The lowest BCUT2D eigenvalue weighted by molar-refractivity contribution is 0.0967. The number of aromatic hydroxyl groups is 6. The lowest BCUT2D eigenvalue weighted by Gasteiger charge is -2.27. The molecule has 0 spiro atoms. The van der Waals surface area contributed by atoms with Crippen LogP contribution in [-0.4, -0.2) is 61.5 Å². The van der Waals surface area contributed by atoms with E-state index >= 15 is 0 Å². The molecule has 0 saturated carbocycles. The number of aromatic nitrogens is 4. The van der Waals surface area contributed by atoms with Crippen LogP contribution < -0.4 is 18.9 Å². The Bertz CT molecular complexity index is 4600. The van der Waals surface area contributed by atoms with Gasteiger partial charge in [0.15, 0.2) is 5.78 Å². The predicted molar refractivity (Wildman–Crippen MR) is 411 cm³/mol. The molecule has 0 bridgehead atoms. The van der Waals surface area contributed by atoms with Crippen LogP contribution in [0.2, 0.25) is 0 Å². The molecule has 9 aromatic carbocycles. The fourth-order valence-corrected chi connectivity index (χ4v) is 10.7. The Morgan fingerprint density at radius 1 is 0.394 bits per heavy atom. The SMILES string of the molecule is Brc1ccc(OCc2ccccc2)cc1OCc1ccccc1.CC(=O)c1cccnc1.CC(O)(c1cccnc1)c1ccc(OCc2ccccc2)cc1OCc1ccccc1.CC(c1cccnc1)c1ccc(O)cc1O.CC(c1cccnc1)c1ccc(O)cc1O.Oc1ccc(Br)c(O)c1. The van der Waals surface area contributed by atoms with Gasteiger partial charge in [-0.2, -0.15) is 0 Å². The zero-order valence-electron chi connectivity index (χ0n) is 57.6. The Morgan fingerprint density at radius 3 is 1.14 bits per heavy atom. The average Bonchev–Trinajstić information content (AvgIpc) is 0.786. The molecule has 3 unspecified atom stereocenters. The molecule has 0 amide bonds. The molecule has 0 aliphatic rings. The zero-order chi connectivity index (χ0) is 74.1. The maximum atomic E-state index is 11.4. The molecule has 7 N–H and O–H groups in total. The van der Waals surface area contributed by atoms with E-state index in [4.69, 9.17) is 29.2 Å². The molecule has 4 aromatic heterocycles. The van der Waals surface area contributed by atoms with E-state index in [1.165, 1.54) is 31.2 Å². The highest BCUT2D eigenvalue weighted by Crippen LogP contribution is 2.39. The second-order valence-electron chi connectivity index (χ2n) is 23.6. The largest absolute Gasteiger partial charge is 0.508 e. The summed E-state index contributed by atoms with van der Waals surface area (Å²) in [6.07, 6.45) is 13.5. The molecule has 13 aromatic rings. The molecule has 0 aliphatic carbocycles. The van der Waals surface area contributed by atoms with Gasteiger partial charge in [-0.15, -0.1) is 0 Å². The normalized spacial score (nSPS) is 11.5. The number of phenolic OH excluding ortho intramolecular Hbond substituents is 6. The summed E-state index contributed by atoms with van der Waals surface area (Å²) in [6, 6.07) is 79.9. The van der Waals surface area contributed by atoms with Gasteiger partial charge in [0.05, 0.1) is 8.95 Å². The minimum Gasteiger partial charge on any atom is -0.508 e. The number of rotatable bonds is 19. The highest BCUT2D eigenvalue weighted by molar-refractivity contribution is 9.11. The van der Waals surface area contributed by atoms with Crippen LogP contribution >= 0.6 is 31.9 Å². The van der Waals surface area contributed by atoms with Crippen LogP contribution in [0.3, 0.4) is 0 Å². The number of pyridine rings is 4. The van der Waals surface area contributed by atoms with Crippen LogP contribution in [0.1, 0.15) is 106 Å². The highest BCUT2D eigenvalue weighted by Gasteiger charge is 2.30. The average molecular weight is 1520 g/mol. The van der Waals surface area contributed by atoms with Gasteiger partial charge in [-0.1, -0.05) is 166 Å². The van der Waals surface area contributed by atoms with Crippen molar-refractivity contribution in [1.82, 2.24) is 19.9 Å². The van der Waals surface area contributed by atoms with Crippen molar-refractivity contribution in [3.8, 4) is 57.5 Å². The number of ketones is 1. The number of phenols is 6. The van der Waals surface area contributed by atoms with Gasteiger partial charge < -0.3 is 54.7 Å². The predicted octanol–water partition coefficient (Wildman–Crippen LogP) is 19.5. The van der Waals surface area contributed by atoms with Gasteiger partial charge in [-0.25, -0.2) is 0 Å². The summed E-state index contributed by atoms with van der Waals surface area (Å²) in [5.74, 6) is 3.45. The smallest absolute Gasteiger partial charge is 0.161 e. The first-order chi connectivity index (χ1) is 50.3. The van der Waals surface area contributed by atoms with E-state index in [0.717, 1.165) is 60.5 Å². The molecular formula is C86H80Br2N4O12. The maximum absolute atomic E-state index is 11.4. The third kappa shape index (κ3) is 25.1. The topological polar surface area (TPSA) is 247 Å². The molecule has 0 radical (unpaired) electrons. The van der Waals surface area contributed by atoms with E-state index in [9.17, 15) is 30.3 Å². The lowest BCUT2D eigenvalue weighted by atomic mass is 9.88. The van der Waals surface area contributed by atoms with Crippen molar-refractivity contribution in [3.63, 3.8) is 0 Å². The van der Waals surface area contributed by atoms with Gasteiger partial charge >= 0.3 is 0 Å². The van der Waals surface area contributed by atoms with Crippen molar-refractivity contribution in [3.05, 3.63) is 381 Å². The third-order valence-electron chi connectivity index (χ3n) is 15.9. The summed E-state index contributed by atoms with van der Waals surface area (Å²) in [7, 11) is 0. The Hall–Kier alpha value is -11.8. The Balaban J connectivity index is 0.000000167. The van der Waals surface area contributed by atoms with Crippen molar-refractivity contribution < 1.29 is 59.5 Å². The molecular weight excluding hydrogens is 1440 g/mol. The molecule has 16 nitrogen and oxygen atoms in total. The summed E-state index contributed by atoms with van der Waals surface area (Å²) in [4.78, 5) is 26.6.